The average molecular weight is 256 g/mol. The third-order valence-corrected chi connectivity index (χ3v) is 3.05. The third kappa shape index (κ3) is 3.54. The zero-order valence-corrected chi connectivity index (χ0v) is 9.78. The molecule has 0 saturated carbocycles. The first-order valence-electron chi connectivity index (χ1n) is 5.68. The molecule has 0 amide bonds. The summed E-state index contributed by atoms with van der Waals surface area (Å²) in [4.78, 5) is 1.22. The molecule has 1 heterocycles. The van der Waals surface area contributed by atoms with E-state index in [2.05, 4.69) is 0 Å². The second kappa shape index (κ2) is 5.99. The van der Waals surface area contributed by atoms with Crippen LogP contribution in [0.2, 0.25) is 0 Å². The molecule has 1 fully saturated rings. The van der Waals surface area contributed by atoms with Crippen molar-refractivity contribution in [3.8, 4) is 0 Å². The van der Waals surface area contributed by atoms with Gasteiger partial charge in [-0.15, -0.1) is 0 Å². The van der Waals surface area contributed by atoms with Gasteiger partial charge in [0.1, 0.15) is 6.04 Å². The summed E-state index contributed by atoms with van der Waals surface area (Å²) in [6, 6.07) is -3.33. The first kappa shape index (κ1) is 14.7. The smallest absolute Gasteiger partial charge is 0.395 e. The minimum absolute atomic E-state index is 0.111. The van der Waals surface area contributed by atoms with E-state index in [0.29, 0.717) is 0 Å². The fourth-order valence-corrected chi connectivity index (χ4v) is 2.09. The highest BCUT2D eigenvalue weighted by atomic mass is 19.4. The van der Waals surface area contributed by atoms with Gasteiger partial charge in [0.05, 0.1) is 25.9 Å². The van der Waals surface area contributed by atoms with Gasteiger partial charge in [-0.2, -0.15) is 13.2 Å². The van der Waals surface area contributed by atoms with Gasteiger partial charge >= 0.3 is 6.18 Å². The Balaban J connectivity index is 2.87. The van der Waals surface area contributed by atoms with Crippen LogP contribution in [0.3, 0.4) is 0 Å². The monoisotopic (exact) mass is 256 g/mol. The van der Waals surface area contributed by atoms with Crippen molar-refractivity contribution in [3.05, 3.63) is 0 Å². The maximum atomic E-state index is 13.0. The summed E-state index contributed by atoms with van der Waals surface area (Å²) in [7, 11) is 0. The van der Waals surface area contributed by atoms with Crippen LogP contribution in [0.4, 0.5) is 13.2 Å². The summed E-state index contributed by atoms with van der Waals surface area (Å²) >= 11 is 0. The number of ether oxygens (including phenoxy) is 1. The predicted octanol–water partition coefficient (Wildman–Crippen LogP) is 0.348. The predicted molar refractivity (Wildman–Crippen MR) is 56.5 cm³/mol. The van der Waals surface area contributed by atoms with Gasteiger partial charge in [0.2, 0.25) is 0 Å². The van der Waals surface area contributed by atoms with Crippen molar-refractivity contribution in [2.24, 2.45) is 5.73 Å². The molecule has 0 spiro atoms. The lowest BCUT2D eigenvalue weighted by Crippen LogP contribution is -2.62. The molecule has 3 unspecified atom stereocenters. The lowest BCUT2D eigenvalue weighted by molar-refractivity contribution is -0.209. The second-order valence-electron chi connectivity index (χ2n) is 4.21. The van der Waals surface area contributed by atoms with Gasteiger partial charge in [-0.05, 0) is 6.42 Å². The SMILES string of the molecule is CCC(N)C(N1CCOCC1CO)C(F)(F)F. The zero-order valence-electron chi connectivity index (χ0n) is 9.78. The fraction of sp³-hybridized carbons (Fsp3) is 1.00. The largest absolute Gasteiger partial charge is 0.405 e. The van der Waals surface area contributed by atoms with E-state index in [9.17, 15) is 13.2 Å². The molecule has 1 aliphatic heterocycles. The molecule has 4 nitrogen and oxygen atoms in total. The molecule has 3 N–H and O–H groups in total. The van der Waals surface area contributed by atoms with E-state index in [1.807, 2.05) is 0 Å². The van der Waals surface area contributed by atoms with Gasteiger partial charge in [-0.25, -0.2) is 0 Å². The van der Waals surface area contributed by atoms with Crippen LogP contribution in [-0.2, 0) is 4.74 Å². The van der Waals surface area contributed by atoms with Crippen LogP contribution in [0.1, 0.15) is 13.3 Å². The number of alkyl halides is 3. The maximum absolute atomic E-state index is 13.0. The van der Waals surface area contributed by atoms with Crippen LogP contribution in [0.25, 0.3) is 0 Å². The minimum atomic E-state index is -4.39. The van der Waals surface area contributed by atoms with Crippen LogP contribution in [-0.4, -0.2) is 60.7 Å². The number of hydrogen-bond acceptors (Lipinski definition) is 4. The van der Waals surface area contributed by atoms with Crippen LogP contribution in [0, 0.1) is 0 Å². The molecule has 0 aliphatic carbocycles. The Kier molecular flexibility index (Phi) is 5.18. The zero-order chi connectivity index (χ0) is 13.1. The molecule has 17 heavy (non-hydrogen) atoms. The third-order valence-electron chi connectivity index (χ3n) is 3.05. The molecular formula is C10H19F3N2O2. The Morgan fingerprint density at radius 1 is 1.53 bits per heavy atom. The Morgan fingerprint density at radius 2 is 2.18 bits per heavy atom. The highest BCUT2D eigenvalue weighted by Crippen LogP contribution is 2.30. The molecule has 3 atom stereocenters. The summed E-state index contributed by atoms with van der Waals surface area (Å²) in [6.07, 6.45) is -4.15. The van der Waals surface area contributed by atoms with Gasteiger partial charge in [0, 0.05) is 12.6 Å². The highest BCUT2D eigenvalue weighted by Gasteiger charge is 2.49. The van der Waals surface area contributed by atoms with E-state index in [4.69, 9.17) is 15.6 Å². The Bertz CT molecular complexity index is 238. The van der Waals surface area contributed by atoms with Crippen molar-refractivity contribution < 1.29 is 23.0 Å². The van der Waals surface area contributed by atoms with Gasteiger partial charge in [0.15, 0.2) is 0 Å². The van der Waals surface area contributed by atoms with E-state index in [1.165, 1.54) is 4.90 Å². The van der Waals surface area contributed by atoms with Gasteiger partial charge < -0.3 is 15.6 Å². The summed E-state index contributed by atoms with van der Waals surface area (Å²) in [5, 5.41) is 9.10. The number of nitrogens with two attached hydrogens (primary N) is 1. The first-order chi connectivity index (χ1) is 7.91. The van der Waals surface area contributed by atoms with Gasteiger partial charge in [-0.3, -0.25) is 4.90 Å². The Morgan fingerprint density at radius 3 is 2.65 bits per heavy atom. The highest BCUT2D eigenvalue weighted by molar-refractivity contribution is 4.92. The number of hydrogen-bond donors (Lipinski definition) is 2. The number of rotatable bonds is 4. The normalized spacial score (nSPS) is 26.8. The quantitative estimate of drug-likeness (QED) is 0.762. The summed E-state index contributed by atoms with van der Waals surface area (Å²) in [6.45, 7) is 1.75. The topological polar surface area (TPSA) is 58.7 Å². The Hall–Kier alpha value is -0.370. The van der Waals surface area contributed by atoms with Crippen molar-refractivity contribution >= 4 is 0 Å². The molecule has 1 saturated heterocycles. The molecule has 7 heteroatoms. The van der Waals surface area contributed by atoms with Crippen LogP contribution < -0.4 is 5.73 Å². The van der Waals surface area contributed by atoms with Gasteiger partial charge in [0.25, 0.3) is 0 Å². The number of aliphatic hydroxyl groups is 1. The molecule has 0 bridgehead atoms. The van der Waals surface area contributed by atoms with E-state index < -0.39 is 24.3 Å². The van der Waals surface area contributed by atoms with Gasteiger partial charge in [-0.1, -0.05) is 6.92 Å². The van der Waals surface area contributed by atoms with E-state index >= 15 is 0 Å². The molecule has 1 aliphatic rings. The van der Waals surface area contributed by atoms with Crippen LogP contribution in [0.5, 0.6) is 0 Å². The molecule has 0 aromatic rings. The van der Waals surface area contributed by atoms with Crippen molar-refractivity contribution in [1.82, 2.24) is 4.90 Å². The van der Waals surface area contributed by atoms with E-state index in [1.54, 1.807) is 6.92 Å². The van der Waals surface area contributed by atoms with Crippen molar-refractivity contribution in [1.29, 1.82) is 0 Å². The number of morpholine rings is 1. The molecule has 0 radical (unpaired) electrons. The first-order valence-corrected chi connectivity index (χ1v) is 5.68. The van der Waals surface area contributed by atoms with Crippen molar-refractivity contribution in [3.63, 3.8) is 0 Å². The Labute approximate surface area is 98.5 Å². The lowest BCUT2D eigenvalue weighted by atomic mass is 10.0. The number of aliphatic hydroxyl groups excluding tert-OH is 1. The molecule has 0 aromatic carbocycles. The van der Waals surface area contributed by atoms with Crippen LogP contribution >= 0.6 is 0 Å². The summed E-state index contributed by atoms with van der Waals surface area (Å²) in [5.74, 6) is 0. The molecule has 0 aromatic heterocycles. The average Bonchev–Trinajstić information content (AvgIpc) is 2.28. The standard InChI is InChI=1S/C10H19F3N2O2/c1-2-8(14)9(10(11,12)13)15-3-4-17-6-7(15)5-16/h7-9,16H,2-6,14H2,1H3. The number of halogens is 3. The van der Waals surface area contributed by atoms with Crippen molar-refractivity contribution in [2.75, 3.05) is 26.4 Å². The lowest BCUT2D eigenvalue weighted by Gasteiger charge is -2.42. The van der Waals surface area contributed by atoms with E-state index in [0.717, 1.165) is 0 Å². The molecule has 1 rings (SSSR count). The van der Waals surface area contributed by atoms with Crippen molar-refractivity contribution in [2.45, 2.75) is 37.6 Å². The minimum Gasteiger partial charge on any atom is -0.395 e. The van der Waals surface area contributed by atoms with E-state index in [-0.39, 0.29) is 32.8 Å². The maximum Gasteiger partial charge on any atom is 0.405 e. The second-order valence-corrected chi connectivity index (χ2v) is 4.21. The molecular weight excluding hydrogens is 237 g/mol. The fourth-order valence-electron chi connectivity index (χ4n) is 2.09. The summed E-state index contributed by atoms with van der Waals surface area (Å²) < 4.78 is 44.1. The summed E-state index contributed by atoms with van der Waals surface area (Å²) in [5.41, 5.74) is 5.57. The number of nitrogens with zero attached hydrogens (tertiary/aromatic N) is 1. The molecule has 102 valence electrons. The van der Waals surface area contributed by atoms with Crippen LogP contribution in [0.15, 0.2) is 0 Å².